The van der Waals surface area contributed by atoms with Crippen LogP contribution in [0.25, 0.3) is 22.4 Å². The summed E-state index contributed by atoms with van der Waals surface area (Å²) in [4.78, 5) is 34.2. The Bertz CT molecular complexity index is 1090. The van der Waals surface area contributed by atoms with Crippen molar-refractivity contribution >= 4 is 34.4 Å². The summed E-state index contributed by atoms with van der Waals surface area (Å²) in [5.41, 5.74) is 0.318. The predicted octanol–water partition coefficient (Wildman–Crippen LogP) is 3.24. The van der Waals surface area contributed by atoms with Crippen LogP contribution in [0.15, 0.2) is 38.9 Å². The Balaban J connectivity index is 2.37. The average molecular weight is 391 g/mol. The van der Waals surface area contributed by atoms with E-state index in [4.69, 9.17) is 11.6 Å². The number of benzene rings is 1. The zero-order chi connectivity index (χ0) is 19.0. The number of hydrogen-bond acceptors (Lipinski definition) is 5. The van der Waals surface area contributed by atoms with E-state index in [9.17, 15) is 9.59 Å². The molecule has 0 aliphatic carbocycles. The Labute approximate surface area is 159 Å². The Kier molecular flexibility index (Phi) is 5.20. The van der Waals surface area contributed by atoms with E-state index in [1.807, 2.05) is 12.1 Å². The molecule has 6 nitrogen and oxygen atoms in total. The number of rotatable bonds is 4. The fourth-order valence-corrected chi connectivity index (χ4v) is 3.63. The van der Waals surface area contributed by atoms with Gasteiger partial charge in [-0.25, -0.2) is 14.8 Å². The first-order valence-electron chi connectivity index (χ1n) is 8.23. The molecule has 136 valence electrons. The molecule has 0 amide bonds. The number of thioether (sulfide) groups is 1. The minimum Gasteiger partial charge on any atom is -0.280 e. The minimum absolute atomic E-state index is 0.271. The molecule has 0 spiro atoms. The van der Waals surface area contributed by atoms with Gasteiger partial charge in [0.2, 0.25) is 0 Å². The smallest absolute Gasteiger partial charge is 0.280 e. The van der Waals surface area contributed by atoms with Gasteiger partial charge in [-0.15, -0.1) is 11.8 Å². The third-order valence-electron chi connectivity index (χ3n) is 4.26. The van der Waals surface area contributed by atoms with Crippen molar-refractivity contribution in [3.63, 3.8) is 0 Å². The van der Waals surface area contributed by atoms with Gasteiger partial charge < -0.3 is 0 Å². The molecule has 1 atom stereocenters. The summed E-state index contributed by atoms with van der Waals surface area (Å²) >= 11 is 7.48. The van der Waals surface area contributed by atoms with E-state index in [0.717, 1.165) is 16.6 Å². The van der Waals surface area contributed by atoms with E-state index in [2.05, 4.69) is 23.8 Å². The second kappa shape index (κ2) is 7.25. The summed E-state index contributed by atoms with van der Waals surface area (Å²) in [6.45, 7) is 4.15. The summed E-state index contributed by atoms with van der Waals surface area (Å²) in [6.07, 6.45) is 0.929. The largest absolute Gasteiger partial charge is 0.332 e. The lowest BCUT2D eigenvalue weighted by Crippen LogP contribution is -2.37. The van der Waals surface area contributed by atoms with Gasteiger partial charge in [-0.2, -0.15) is 0 Å². The minimum atomic E-state index is -0.414. The zero-order valence-electron chi connectivity index (χ0n) is 15.0. The molecule has 0 fully saturated rings. The molecule has 0 aliphatic rings. The highest BCUT2D eigenvalue weighted by Gasteiger charge is 2.19. The van der Waals surface area contributed by atoms with Crippen molar-refractivity contribution in [2.75, 3.05) is 0 Å². The van der Waals surface area contributed by atoms with Crippen LogP contribution in [0.4, 0.5) is 0 Å². The normalized spacial score (nSPS) is 12.5. The molecular formula is C18H19ClN4O2S. The van der Waals surface area contributed by atoms with Crippen molar-refractivity contribution in [3.8, 4) is 11.4 Å². The molecule has 0 unspecified atom stereocenters. The predicted molar refractivity (Wildman–Crippen MR) is 106 cm³/mol. The molecular weight excluding hydrogens is 372 g/mol. The number of halogens is 1. The van der Waals surface area contributed by atoms with Gasteiger partial charge in [0.05, 0.1) is 0 Å². The number of aryl methyl sites for hydroxylation is 1. The van der Waals surface area contributed by atoms with Crippen LogP contribution in [0.3, 0.4) is 0 Å². The summed E-state index contributed by atoms with van der Waals surface area (Å²) in [7, 11) is 3.08. The molecule has 3 rings (SSSR count). The first-order valence-corrected chi connectivity index (χ1v) is 9.49. The maximum Gasteiger partial charge on any atom is 0.332 e. The summed E-state index contributed by atoms with van der Waals surface area (Å²) in [5, 5.41) is 1.85. The van der Waals surface area contributed by atoms with Gasteiger partial charge in [-0.3, -0.25) is 13.9 Å². The highest BCUT2D eigenvalue weighted by molar-refractivity contribution is 8.00. The fraction of sp³-hybridized carbons (Fsp3) is 0.333. The van der Waals surface area contributed by atoms with Gasteiger partial charge in [0.25, 0.3) is 5.56 Å². The molecule has 1 aromatic carbocycles. The highest BCUT2D eigenvalue weighted by atomic mass is 35.5. The van der Waals surface area contributed by atoms with Crippen molar-refractivity contribution < 1.29 is 0 Å². The molecule has 2 aromatic heterocycles. The summed E-state index contributed by atoms with van der Waals surface area (Å²) in [5.74, 6) is 0.461. The van der Waals surface area contributed by atoms with Crippen molar-refractivity contribution in [2.45, 2.75) is 30.5 Å². The highest BCUT2D eigenvalue weighted by Crippen LogP contribution is 2.30. The van der Waals surface area contributed by atoms with Crippen LogP contribution in [-0.2, 0) is 14.1 Å². The summed E-state index contributed by atoms with van der Waals surface area (Å²) < 4.78 is 2.48. The van der Waals surface area contributed by atoms with Gasteiger partial charge in [0.15, 0.2) is 11.5 Å². The standard InChI is InChI=1S/C18H19ClN4O2S/c1-5-10(2)26-16-13-15(22(3)18(25)23(4)17(13)24)20-14(21-16)11-6-8-12(19)9-7-11/h6-10H,5H2,1-4H3/t10-/m1/s1. The number of aromatic nitrogens is 4. The van der Waals surface area contributed by atoms with E-state index < -0.39 is 5.69 Å². The van der Waals surface area contributed by atoms with Gasteiger partial charge in [0, 0.05) is 29.9 Å². The van der Waals surface area contributed by atoms with Crippen LogP contribution in [0.5, 0.6) is 0 Å². The SMILES string of the molecule is CC[C@@H](C)Sc1nc(-c2ccc(Cl)cc2)nc2c1c(=O)n(C)c(=O)n2C. The van der Waals surface area contributed by atoms with E-state index in [-0.39, 0.29) is 10.8 Å². The second-order valence-corrected chi connectivity index (χ2v) is 7.96. The Morgan fingerprint density at radius 1 is 1.12 bits per heavy atom. The van der Waals surface area contributed by atoms with Crippen LogP contribution < -0.4 is 11.2 Å². The van der Waals surface area contributed by atoms with Crippen LogP contribution in [0.1, 0.15) is 20.3 Å². The van der Waals surface area contributed by atoms with E-state index in [0.29, 0.717) is 26.9 Å². The monoisotopic (exact) mass is 390 g/mol. The Morgan fingerprint density at radius 2 is 1.77 bits per heavy atom. The van der Waals surface area contributed by atoms with E-state index in [1.54, 1.807) is 19.2 Å². The van der Waals surface area contributed by atoms with Crippen LogP contribution in [0, 0.1) is 0 Å². The molecule has 0 saturated heterocycles. The lowest BCUT2D eigenvalue weighted by Gasteiger charge is -2.14. The van der Waals surface area contributed by atoms with Gasteiger partial charge in [-0.05, 0) is 30.7 Å². The van der Waals surface area contributed by atoms with Gasteiger partial charge >= 0.3 is 5.69 Å². The third kappa shape index (κ3) is 3.29. The van der Waals surface area contributed by atoms with Crippen molar-refractivity contribution in [1.82, 2.24) is 19.1 Å². The van der Waals surface area contributed by atoms with Crippen LogP contribution in [-0.4, -0.2) is 24.4 Å². The van der Waals surface area contributed by atoms with Crippen molar-refractivity contribution in [1.29, 1.82) is 0 Å². The van der Waals surface area contributed by atoms with Gasteiger partial charge in [0.1, 0.15) is 10.4 Å². The maximum atomic E-state index is 12.7. The van der Waals surface area contributed by atoms with E-state index in [1.165, 1.54) is 23.4 Å². The molecule has 8 heteroatoms. The third-order valence-corrected chi connectivity index (χ3v) is 5.76. The molecule has 3 aromatic rings. The Morgan fingerprint density at radius 3 is 2.38 bits per heavy atom. The average Bonchev–Trinajstić information content (AvgIpc) is 2.64. The van der Waals surface area contributed by atoms with Crippen LogP contribution >= 0.6 is 23.4 Å². The first-order chi connectivity index (χ1) is 12.3. The molecule has 26 heavy (non-hydrogen) atoms. The lowest BCUT2D eigenvalue weighted by molar-refractivity contribution is 0.703. The summed E-state index contributed by atoms with van der Waals surface area (Å²) in [6, 6.07) is 7.16. The quantitative estimate of drug-likeness (QED) is 0.505. The first kappa shape index (κ1) is 18.7. The number of fused-ring (bicyclic) bond motifs is 1. The molecule has 0 N–H and O–H groups in total. The number of hydrogen-bond donors (Lipinski definition) is 0. The maximum absolute atomic E-state index is 12.7. The molecule has 0 aliphatic heterocycles. The zero-order valence-corrected chi connectivity index (χ0v) is 16.6. The lowest BCUT2D eigenvalue weighted by atomic mass is 10.2. The molecule has 0 saturated carbocycles. The second-order valence-electron chi connectivity index (χ2n) is 6.10. The molecule has 0 bridgehead atoms. The van der Waals surface area contributed by atoms with E-state index >= 15 is 0 Å². The topological polar surface area (TPSA) is 69.8 Å². The number of nitrogens with zero attached hydrogens (tertiary/aromatic N) is 4. The fourth-order valence-electron chi connectivity index (χ4n) is 2.52. The Hall–Kier alpha value is -2.12. The molecule has 0 radical (unpaired) electrons. The van der Waals surface area contributed by atoms with Gasteiger partial charge in [-0.1, -0.05) is 25.4 Å². The van der Waals surface area contributed by atoms with Crippen molar-refractivity contribution in [2.24, 2.45) is 14.1 Å². The molecule has 2 heterocycles. The van der Waals surface area contributed by atoms with Crippen molar-refractivity contribution in [3.05, 3.63) is 50.1 Å². The van der Waals surface area contributed by atoms with Crippen LogP contribution in [0.2, 0.25) is 5.02 Å².